The summed E-state index contributed by atoms with van der Waals surface area (Å²) in [4.78, 5) is 12.0. The highest BCUT2D eigenvalue weighted by molar-refractivity contribution is 5.87. The summed E-state index contributed by atoms with van der Waals surface area (Å²) in [7, 11) is 0. The van der Waals surface area contributed by atoms with Crippen molar-refractivity contribution in [3.8, 4) is 0 Å². The van der Waals surface area contributed by atoms with Crippen molar-refractivity contribution >= 4 is 5.91 Å². The molecule has 2 unspecified atom stereocenters. The van der Waals surface area contributed by atoms with Crippen LogP contribution in [0.15, 0.2) is 30.3 Å². The minimum Gasteiger partial charge on any atom is -0.347 e. The number of benzene rings is 1. The molecule has 0 aromatic heterocycles. The van der Waals surface area contributed by atoms with Crippen LogP contribution in [0.5, 0.6) is 0 Å². The largest absolute Gasteiger partial charge is 0.415 e. The summed E-state index contributed by atoms with van der Waals surface area (Å²) in [5.74, 6) is -1.24. The lowest BCUT2D eigenvalue weighted by Gasteiger charge is -2.35. The van der Waals surface area contributed by atoms with Crippen molar-refractivity contribution in [2.24, 2.45) is 11.1 Å². The second-order valence-corrected chi connectivity index (χ2v) is 6.38. The van der Waals surface area contributed by atoms with Gasteiger partial charge in [-0.15, -0.1) is 0 Å². The SMILES string of the molecule is CC(C)(C)C(NC(=O)C(C)(N)C(F)(F)F)c1ccccc1. The predicted octanol–water partition coefficient (Wildman–Crippen LogP) is 3.17. The minimum atomic E-state index is -4.81. The predicted molar refractivity (Wildman–Crippen MR) is 75.4 cm³/mol. The molecule has 0 heterocycles. The Kier molecular flexibility index (Phi) is 4.73. The van der Waals surface area contributed by atoms with Crippen molar-refractivity contribution in [2.45, 2.75) is 45.5 Å². The van der Waals surface area contributed by atoms with Gasteiger partial charge >= 0.3 is 6.18 Å². The third-order valence-corrected chi connectivity index (χ3v) is 3.33. The molecule has 3 N–H and O–H groups in total. The van der Waals surface area contributed by atoms with E-state index in [0.29, 0.717) is 6.92 Å². The fourth-order valence-corrected chi connectivity index (χ4v) is 1.86. The molecule has 21 heavy (non-hydrogen) atoms. The van der Waals surface area contributed by atoms with Gasteiger partial charge in [0.15, 0.2) is 5.54 Å². The molecule has 3 nitrogen and oxygen atoms in total. The average molecular weight is 302 g/mol. The highest BCUT2D eigenvalue weighted by atomic mass is 19.4. The highest BCUT2D eigenvalue weighted by Gasteiger charge is 2.54. The zero-order valence-electron chi connectivity index (χ0n) is 12.6. The van der Waals surface area contributed by atoms with Crippen molar-refractivity contribution in [3.05, 3.63) is 35.9 Å². The first-order valence-corrected chi connectivity index (χ1v) is 6.59. The molecule has 2 atom stereocenters. The molecule has 0 spiro atoms. The maximum Gasteiger partial charge on any atom is 0.415 e. The van der Waals surface area contributed by atoms with Crippen LogP contribution in [0.2, 0.25) is 0 Å². The minimum absolute atomic E-state index is 0.460. The smallest absolute Gasteiger partial charge is 0.347 e. The van der Waals surface area contributed by atoms with Gasteiger partial charge < -0.3 is 11.1 Å². The van der Waals surface area contributed by atoms with Gasteiger partial charge in [0, 0.05) is 0 Å². The Balaban J connectivity index is 3.08. The van der Waals surface area contributed by atoms with E-state index in [-0.39, 0.29) is 0 Å². The standard InChI is InChI=1S/C15H21F3N2O/c1-13(2,3)11(10-8-6-5-7-9-10)20-12(21)14(4,19)15(16,17)18/h5-9,11H,19H2,1-4H3,(H,20,21). The molecule has 1 amide bonds. The number of rotatable bonds is 3. The van der Waals surface area contributed by atoms with Crippen molar-refractivity contribution in [1.29, 1.82) is 0 Å². The van der Waals surface area contributed by atoms with Crippen LogP contribution in [-0.4, -0.2) is 17.6 Å². The molecule has 0 aliphatic rings. The third-order valence-electron chi connectivity index (χ3n) is 3.33. The van der Waals surface area contributed by atoms with E-state index < -0.39 is 29.1 Å². The molecule has 1 aromatic rings. The number of hydrogen-bond acceptors (Lipinski definition) is 2. The summed E-state index contributed by atoms with van der Waals surface area (Å²) in [5, 5.41) is 2.44. The quantitative estimate of drug-likeness (QED) is 0.901. The zero-order chi connectivity index (χ0) is 16.5. The summed E-state index contributed by atoms with van der Waals surface area (Å²) >= 11 is 0. The van der Waals surface area contributed by atoms with Gasteiger partial charge in [0.25, 0.3) is 0 Å². The summed E-state index contributed by atoms with van der Waals surface area (Å²) in [5.41, 5.74) is 2.52. The number of hydrogen-bond donors (Lipinski definition) is 2. The van der Waals surface area contributed by atoms with E-state index in [2.05, 4.69) is 5.32 Å². The van der Waals surface area contributed by atoms with Crippen LogP contribution in [0.1, 0.15) is 39.3 Å². The van der Waals surface area contributed by atoms with Gasteiger partial charge in [0.2, 0.25) is 5.91 Å². The monoisotopic (exact) mass is 302 g/mol. The van der Waals surface area contributed by atoms with E-state index in [1.54, 1.807) is 30.3 Å². The first-order valence-electron chi connectivity index (χ1n) is 6.59. The van der Waals surface area contributed by atoms with Crippen molar-refractivity contribution in [1.82, 2.24) is 5.32 Å². The van der Waals surface area contributed by atoms with Crippen LogP contribution >= 0.6 is 0 Å². The Labute approximate surface area is 122 Å². The fraction of sp³-hybridized carbons (Fsp3) is 0.533. The van der Waals surface area contributed by atoms with Gasteiger partial charge in [-0.3, -0.25) is 4.79 Å². The maximum absolute atomic E-state index is 12.8. The van der Waals surface area contributed by atoms with E-state index in [0.717, 1.165) is 5.56 Å². The van der Waals surface area contributed by atoms with Gasteiger partial charge in [-0.2, -0.15) is 13.2 Å². The third kappa shape index (κ3) is 3.97. The number of halogens is 3. The van der Waals surface area contributed by atoms with Crippen LogP contribution < -0.4 is 11.1 Å². The molecular weight excluding hydrogens is 281 g/mol. The molecule has 1 aromatic carbocycles. The Morgan fingerprint density at radius 1 is 1.10 bits per heavy atom. The number of carbonyl (C=O) groups is 1. The van der Waals surface area contributed by atoms with Crippen LogP contribution in [0, 0.1) is 5.41 Å². The van der Waals surface area contributed by atoms with Crippen LogP contribution in [-0.2, 0) is 4.79 Å². The van der Waals surface area contributed by atoms with E-state index in [9.17, 15) is 18.0 Å². The lowest BCUT2D eigenvalue weighted by molar-refractivity contribution is -0.188. The molecule has 1 rings (SSSR count). The van der Waals surface area contributed by atoms with Crippen LogP contribution in [0.4, 0.5) is 13.2 Å². The molecule has 0 aliphatic heterocycles. The zero-order valence-corrected chi connectivity index (χ0v) is 12.6. The molecule has 0 saturated carbocycles. The Morgan fingerprint density at radius 3 is 1.95 bits per heavy atom. The lowest BCUT2D eigenvalue weighted by Crippen LogP contribution is -2.62. The number of nitrogens with one attached hydrogen (secondary N) is 1. The van der Waals surface area contributed by atoms with E-state index in [4.69, 9.17) is 5.73 Å². The van der Waals surface area contributed by atoms with Crippen LogP contribution in [0.25, 0.3) is 0 Å². The molecule has 0 radical (unpaired) electrons. The topological polar surface area (TPSA) is 55.1 Å². The highest BCUT2D eigenvalue weighted by Crippen LogP contribution is 2.34. The van der Waals surface area contributed by atoms with Crippen molar-refractivity contribution in [2.75, 3.05) is 0 Å². The number of carbonyl (C=O) groups excluding carboxylic acids is 1. The lowest BCUT2D eigenvalue weighted by atomic mass is 9.82. The fourth-order valence-electron chi connectivity index (χ4n) is 1.86. The summed E-state index contributed by atoms with van der Waals surface area (Å²) in [6.07, 6.45) is -4.81. The second kappa shape index (κ2) is 5.67. The Hall–Kier alpha value is -1.56. The van der Waals surface area contributed by atoms with E-state index >= 15 is 0 Å². The van der Waals surface area contributed by atoms with Gasteiger partial charge in [0.1, 0.15) is 0 Å². The molecule has 0 bridgehead atoms. The number of alkyl halides is 3. The maximum atomic E-state index is 12.8. The molecule has 0 fully saturated rings. The first-order chi connectivity index (χ1) is 9.37. The van der Waals surface area contributed by atoms with Gasteiger partial charge in [0.05, 0.1) is 6.04 Å². The number of amides is 1. The van der Waals surface area contributed by atoms with Crippen molar-refractivity contribution in [3.63, 3.8) is 0 Å². The van der Waals surface area contributed by atoms with E-state index in [1.807, 2.05) is 20.8 Å². The summed E-state index contributed by atoms with van der Waals surface area (Å²) in [6, 6.07) is 8.29. The van der Waals surface area contributed by atoms with E-state index in [1.165, 1.54) is 0 Å². The first kappa shape index (κ1) is 17.5. The molecule has 0 saturated heterocycles. The Morgan fingerprint density at radius 2 is 1.57 bits per heavy atom. The van der Waals surface area contributed by atoms with Gasteiger partial charge in [-0.25, -0.2) is 0 Å². The van der Waals surface area contributed by atoms with Gasteiger partial charge in [-0.05, 0) is 17.9 Å². The van der Waals surface area contributed by atoms with Crippen LogP contribution in [0.3, 0.4) is 0 Å². The molecular formula is C15H21F3N2O. The van der Waals surface area contributed by atoms with Gasteiger partial charge in [-0.1, -0.05) is 51.1 Å². The molecule has 6 heteroatoms. The second-order valence-electron chi connectivity index (χ2n) is 6.38. The summed E-state index contributed by atoms with van der Waals surface area (Å²) < 4.78 is 38.5. The average Bonchev–Trinajstić information content (AvgIpc) is 2.33. The normalized spacial score (nSPS) is 17.0. The number of nitrogens with two attached hydrogens (primary N) is 1. The Bertz CT molecular complexity index is 490. The molecule has 0 aliphatic carbocycles. The molecule has 118 valence electrons. The van der Waals surface area contributed by atoms with Crippen molar-refractivity contribution < 1.29 is 18.0 Å². The summed E-state index contributed by atoms with van der Waals surface area (Å²) in [6.45, 7) is 6.19.